The molecule has 0 saturated carbocycles. The predicted octanol–water partition coefficient (Wildman–Crippen LogP) is -0.311. The van der Waals surface area contributed by atoms with E-state index in [0.29, 0.717) is 18.7 Å². The van der Waals surface area contributed by atoms with Gasteiger partial charge in [0.05, 0.1) is 0 Å². The third-order valence-electron chi connectivity index (χ3n) is 2.04. The second-order valence-electron chi connectivity index (χ2n) is 2.79. The summed E-state index contributed by atoms with van der Waals surface area (Å²) in [6, 6.07) is 1.17. The van der Waals surface area contributed by atoms with Crippen molar-refractivity contribution in [2.75, 3.05) is 0 Å². The normalized spacial score (nSPS) is 14.8. The molecule has 0 saturated heterocycles. The van der Waals surface area contributed by atoms with E-state index < -0.39 is 11.2 Å². The van der Waals surface area contributed by atoms with Crippen LogP contribution in [0, 0.1) is 0 Å². The maximum Gasteiger partial charge on any atom is 0.360 e. The van der Waals surface area contributed by atoms with E-state index in [1.807, 2.05) is 0 Å². The molecule has 12 heavy (non-hydrogen) atoms. The summed E-state index contributed by atoms with van der Waals surface area (Å²) in [5.41, 5.74) is -1.08. The molecular formula is C7H7FN2O2. The molecule has 0 spiro atoms. The van der Waals surface area contributed by atoms with Gasteiger partial charge in [-0.1, -0.05) is 9.27 Å². The zero-order valence-electron chi connectivity index (χ0n) is 6.29. The average molecular weight is 170 g/mol. The van der Waals surface area contributed by atoms with Crippen LogP contribution >= 0.6 is 0 Å². The van der Waals surface area contributed by atoms with Gasteiger partial charge in [-0.15, -0.1) is 0 Å². The Morgan fingerprint density at radius 1 is 1.42 bits per heavy atom. The van der Waals surface area contributed by atoms with Gasteiger partial charge in [-0.2, -0.15) is 0 Å². The highest BCUT2D eigenvalue weighted by atomic mass is 19.2. The maximum absolute atomic E-state index is 12.7. The molecule has 2 heterocycles. The molecule has 0 N–H and O–H groups in total. The minimum atomic E-state index is -0.867. The summed E-state index contributed by atoms with van der Waals surface area (Å²) in [6.45, 7) is 0.512. The molecule has 0 aromatic carbocycles. The molecule has 0 aliphatic carbocycles. The van der Waals surface area contributed by atoms with Gasteiger partial charge in [0.1, 0.15) is 0 Å². The lowest BCUT2D eigenvalue weighted by atomic mass is 10.3. The van der Waals surface area contributed by atoms with Crippen LogP contribution in [0.15, 0.2) is 15.7 Å². The highest BCUT2D eigenvalue weighted by Crippen LogP contribution is 2.07. The largest absolute Gasteiger partial charge is 0.360 e. The highest BCUT2D eigenvalue weighted by Gasteiger charge is 2.15. The first-order valence-corrected chi connectivity index (χ1v) is 3.72. The lowest BCUT2D eigenvalue weighted by Crippen LogP contribution is -2.35. The van der Waals surface area contributed by atoms with Crippen molar-refractivity contribution in [3.05, 3.63) is 32.6 Å². The molecule has 0 amide bonds. The van der Waals surface area contributed by atoms with Crippen molar-refractivity contribution in [2.45, 2.75) is 19.4 Å². The summed E-state index contributed by atoms with van der Waals surface area (Å²) in [7, 11) is 0. The lowest BCUT2D eigenvalue weighted by Gasteiger charge is -2.00. The summed E-state index contributed by atoms with van der Waals surface area (Å²) in [5.74, 6) is 0. The Hall–Kier alpha value is -1.39. The number of nitrogens with zero attached hydrogens (tertiary/aromatic N) is 2. The minimum absolute atomic E-state index is 0.352. The molecule has 1 aromatic rings. The number of rotatable bonds is 0. The number of halogens is 1. The highest BCUT2D eigenvalue weighted by molar-refractivity contribution is 5.05. The third kappa shape index (κ3) is 0.823. The van der Waals surface area contributed by atoms with Gasteiger partial charge in [-0.05, 0) is 12.8 Å². The summed E-state index contributed by atoms with van der Waals surface area (Å²) in [4.78, 5) is 21.5. The van der Waals surface area contributed by atoms with E-state index in [1.54, 1.807) is 0 Å². The number of hydrogen-bond acceptors (Lipinski definition) is 2. The van der Waals surface area contributed by atoms with Crippen LogP contribution in [-0.4, -0.2) is 9.36 Å². The van der Waals surface area contributed by atoms with Crippen LogP contribution in [0.3, 0.4) is 0 Å². The molecule has 1 aliphatic rings. The lowest BCUT2D eigenvalue weighted by molar-refractivity contribution is 0.318. The van der Waals surface area contributed by atoms with Crippen LogP contribution in [-0.2, 0) is 13.0 Å². The van der Waals surface area contributed by atoms with E-state index in [1.165, 1.54) is 10.6 Å². The fourth-order valence-corrected chi connectivity index (χ4v) is 1.46. The Morgan fingerprint density at radius 2 is 2.17 bits per heavy atom. The van der Waals surface area contributed by atoms with Crippen LogP contribution in [0.2, 0.25) is 0 Å². The number of hydrogen-bond donors (Lipinski definition) is 0. The fourth-order valence-electron chi connectivity index (χ4n) is 1.46. The van der Waals surface area contributed by atoms with Crippen molar-refractivity contribution in [1.82, 2.24) is 9.36 Å². The Morgan fingerprint density at radius 3 is 2.92 bits per heavy atom. The topological polar surface area (TPSA) is 44.0 Å². The molecule has 0 radical (unpaired) electrons. The van der Waals surface area contributed by atoms with Crippen molar-refractivity contribution in [2.24, 2.45) is 0 Å². The summed E-state index contributed by atoms with van der Waals surface area (Å²) in [6.07, 6.45) is 1.49. The van der Waals surface area contributed by atoms with Crippen LogP contribution in [0.5, 0.6) is 0 Å². The first-order chi connectivity index (χ1) is 5.70. The molecule has 0 atom stereocenters. The second kappa shape index (κ2) is 2.30. The van der Waals surface area contributed by atoms with Crippen molar-refractivity contribution in [1.29, 1.82) is 0 Å². The smallest absolute Gasteiger partial charge is 0.296 e. The number of fused-ring (bicyclic) bond motifs is 1. The standard InChI is InChI=1S/C7H7FN2O2/c8-10-6(11)4-5-2-1-3-9(5)7(10)12/h4H,1-3H2. The Bertz CT molecular complexity index is 432. The van der Waals surface area contributed by atoms with E-state index in [4.69, 9.17) is 0 Å². The third-order valence-corrected chi connectivity index (χ3v) is 2.04. The Kier molecular flexibility index (Phi) is 1.39. The van der Waals surface area contributed by atoms with Crippen LogP contribution in [0.25, 0.3) is 0 Å². The van der Waals surface area contributed by atoms with Gasteiger partial charge in [0, 0.05) is 18.3 Å². The molecule has 1 aliphatic heterocycles. The monoisotopic (exact) mass is 170 g/mol. The SMILES string of the molecule is O=c1cc2n(c(=O)n1F)CCC2. The van der Waals surface area contributed by atoms with Gasteiger partial charge in [0.25, 0.3) is 5.56 Å². The maximum atomic E-state index is 12.7. The van der Waals surface area contributed by atoms with E-state index in [0.717, 1.165) is 6.42 Å². The molecule has 64 valence electrons. The van der Waals surface area contributed by atoms with Gasteiger partial charge in [-0.25, -0.2) is 4.79 Å². The zero-order chi connectivity index (χ0) is 8.72. The quantitative estimate of drug-likeness (QED) is 0.536. The minimum Gasteiger partial charge on any atom is -0.296 e. The van der Waals surface area contributed by atoms with E-state index in [-0.39, 0.29) is 4.79 Å². The summed E-state index contributed by atoms with van der Waals surface area (Å²) >= 11 is 0. The van der Waals surface area contributed by atoms with Crippen LogP contribution in [0.1, 0.15) is 12.1 Å². The first kappa shape index (κ1) is 7.27. The van der Waals surface area contributed by atoms with E-state index in [9.17, 15) is 14.1 Å². The van der Waals surface area contributed by atoms with Crippen molar-refractivity contribution in [3.8, 4) is 0 Å². The molecule has 5 heteroatoms. The van der Waals surface area contributed by atoms with Gasteiger partial charge >= 0.3 is 5.69 Å². The molecule has 0 unspecified atom stereocenters. The Balaban J connectivity index is 2.85. The average Bonchev–Trinajstić information content (AvgIpc) is 2.48. The molecule has 2 rings (SSSR count). The number of aryl methyl sites for hydroxylation is 1. The van der Waals surface area contributed by atoms with Crippen molar-refractivity contribution >= 4 is 0 Å². The second-order valence-corrected chi connectivity index (χ2v) is 2.79. The van der Waals surface area contributed by atoms with Crippen molar-refractivity contribution < 1.29 is 4.48 Å². The van der Waals surface area contributed by atoms with Gasteiger partial charge in [0.2, 0.25) is 0 Å². The summed E-state index contributed by atoms with van der Waals surface area (Å²) < 4.78 is 13.9. The molecule has 4 nitrogen and oxygen atoms in total. The van der Waals surface area contributed by atoms with E-state index in [2.05, 4.69) is 0 Å². The predicted molar refractivity (Wildman–Crippen MR) is 39.8 cm³/mol. The Labute approximate surface area is 66.8 Å². The van der Waals surface area contributed by atoms with E-state index >= 15 is 0 Å². The van der Waals surface area contributed by atoms with Crippen LogP contribution < -0.4 is 11.2 Å². The summed E-state index contributed by atoms with van der Waals surface area (Å²) in [5, 5.41) is 0. The van der Waals surface area contributed by atoms with Gasteiger partial charge < -0.3 is 0 Å². The molecular weight excluding hydrogens is 163 g/mol. The van der Waals surface area contributed by atoms with Gasteiger partial charge in [-0.3, -0.25) is 9.36 Å². The fraction of sp³-hybridized carbons (Fsp3) is 0.429. The molecule has 1 aromatic heterocycles. The van der Waals surface area contributed by atoms with Crippen molar-refractivity contribution in [3.63, 3.8) is 0 Å². The van der Waals surface area contributed by atoms with Crippen LogP contribution in [0.4, 0.5) is 4.48 Å². The zero-order valence-corrected chi connectivity index (χ0v) is 6.29. The first-order valence-electron chi connectivity index (χ1n) is 3.72. The molecule has 0 fully saturated rings. The van der Waals surface area contributed by atoms with Gasteiger partial charge in [0.15, 0.2) is 0 Å². The molecule has 0 bridgehead atoms. The number of aromatic nitrogens is 2.